The first kappa shape index (κ1) is 13.6. The molecular formula is C15H12ClFO2. The second-order valence-corrected chi connectivity index (χ2v) is 4.43. The minimum absolute atomic E-state index is 0.124. The van der Waals surface area contributed by atoms with Crippen LogP contribution >= 0.6 is 11.6 Å². The molecule has 2 aromatic carbocycles. The summed E-state index contributed by atoms with van der Waals surface area (Å²) in [6, 6.07) is 11.4. The van der Waals surface area contributed by atoms with E-state index in [9.17, 15) is 9.18 Å². The number of ether oxygens (including phenoxy) is 1. The van der Waals surface area contributed by atoms with Crippen LogP contribution in [0.3, 0.4) is 0 Å². The number of Topliss-reactive ketones (excluding diaryl/α,β-unsaturated/α-hetero) is 1. The van der Waals surface area contributed by atoms with Crippen molar-refractivity contribution in [2.75, 3.05) is 7.11 Å². The Labute approximate surface area is 115 Å². The SMILES string of the molecule is COc1ccc(CC(=O)c2cccc(F)c2Cl)cc1. The second kappa shape index (κ2) is 5.85. The van der Waals surface area contributed by atoms with Gasteiger partial charge in [0.2, 0.25) is 0 Å². The van der Waals surface area contributed by atoms with E-state index in [0.717, 1.165) is 11.3 Å². The number of carbonyl (C=O) groups excluding carboxylic acids is 1. The van der Waals surface area contributed by atoms with Gasteiger partial charge in [-0.05, 0) is 29.8 Å². The molecule has 0 aliphatic carbocycles. The van der Waals surface area contributed by atoms with E-state index < -0.39 is 5.82 Å². The lowest BCUT2D eigenvalue weighted by Crippen LogP contribution is -2.05. The quantitative estimate of drug-likeness (QED) is 0.793. The fourth-order valence-corrected chi connectivity index (χ4v) is 1.97. The van der Waals surface area contributed by atoms with Gasteiger partial charge in [0.1, 0.15) is 11.6 Å². The third-order valence-electron chi connectivity index (χ3n) is 2.78. The molecular weight excluding hydrogens is 267 g/mol. The van der Waals surface area contributed by atoms with Crippen molar-refractivity contribution >= 4 is 17.4 Å². The van der Waals surface area contributed by atoms with Gasteiger partial charge in [-0.2, -0.15) is 0 Å². The number of hydrogen-bond donors (Lipinski definition) is 0. The average molecular weight is 279 g/mol. The molecule has 0 heterocycles. The maximum Gasteiger partial charge on any atom is 0.168 e. The molecule has 0 spiro atoms. The van der Waals surface area contributed by atoms with Crippen LogP contribution in [-0.4, -0.2) is 12.9 Å². The molecule has 0 fully saturated rings. The number of rotatable bonds is 4. The molecule has 0 unspecified atom stereocenters. The third kappa shape index (κ3) is 3.12. The molecule has 0 aliphatic heterocycles. The minimum Gasteiger partial charge on any atom is -0.497 e. The number of methoxy groups -OCH3 is 1. The molecule has 2 nitrogen and oxygen atoms in total. The monoisotopic (exact) mass is 278 g/mol. The Balaban J connectivity index is 2.18. The summed E-state index contributed by atoms with van der Waals surface area (Å²) >= 11 is 5.79. The number of benzene rings is 2. The summed E-state index contributed by atoms with van der Waals surface area (Å²) in [5.41, 5.74) is 1.03. The third-order valence-corrected chi connectivity index (χ3v) is 3.16. The van der Waals surface area contributed by atoms with Crippen molar-refractivity contribution in [2.45, 2.75) is 6.42 Å². The Bertz CT molecular complexity index is 594. The van der Waals surface area contributed by atoms with Crippen molar-refractivity contribution in [1.29, 1.82) is 0 Å². The van der Waals surface area contributed by atoms with E-state index in [1.807, 2.05) is 0 Å². The van der Waals surface area contributed by atoms with Crippen LogP contribution in [0, 0.1) is 5.82 Å². The molecule has 0 radical (unpaired) electrons. The van der Waals surface area contributed by atoms with E-state index in [4.69, 9.17) is 16.3 Å². The highest BCUT2D eigenvalue weighted by atomic mass is 35.5. The van der Waals surface area contributed by atoms with Crippen molar-refractivity contribution < 1.29 is 13.9 Å². The zero-order chi connectivity index (χ0) is 13.8. The maximum absolute atomic E-state index is 13.3. The Morgan fingerprint density at radius 2 is 1.89 bits per heavy atom. The molecule has 0 N–H and O–H groups in total. The number of carbonyl (C=O) groups is 1. The van der Waals surface area contributed by atoms with Crippen LogP contribution in [0.5, 0.6) is 5.75 Å². The first-order valence-corrected chi connectivity index (χ1v) is 6.09. The van der Waals surface area contributed by atoms with E-state index in [-0.39, 0.29) is 22.8 Å². The molecule has 98 valence electrons. The molecule has 19 heavy (non-hydrogen) atoms. The summed E-state index contributed by atoms with van der Waals surface area (Å²) < 4.78 is 18.3. The normalized spacial score (nSPS) is 10.3. The predicted molar refractivity (Wildman–Crippen MR) is 72.4 cm³/mol. The minimum atomic E-state index is -0.581. The summed E-state index contributed by atoms with van der Waals surface area (Å²) in [6.07, 6.45) is 0.174. The van der Waals surface area contributed by atoms with Gasteiger partial charge in [-0.25, -0.2) is 4.39 Å². The van der Waals surface area contributed by atoms with Gasteiger partial charge in [-0.15, -0.1) is 0 Å². The highest BCUT2D eigenvalue weighted by Gasteiger charge is 2.13. The van der Waals surface area contributed by atoms with Gasteiger partial charge in [-0.1, -0.05) is 29.8 Å². The van der Waals surface area contributed by atoms with Gasteiger partial charge in [-0.3, -0.25) is 4.79 Å². The van der Waals surface area contributed by atoms with Crippen molar-refractivity contribution in [1.82, 2.24) is 0 Å². The van der Waals surface area contributed by atoms with E-state index >= 15 is 0 Å². The van der Waals surface area contributed by atoms with Crippen molar-refractivity contribution in [2.24, 2.45) is 0 Å². The van der Waals surface area contributed by atoms with Gasteiger partial charge in [0.25, 0.3) is 0 Å². The van der Waals surface area contributed by atoms with E-state index in [1.165, 1.54) is 18.2 Å². The number of halogens is 2. The average Bonchev–Trinajstić information content (AvgIpc) is 2.42. The Morgan fingerprint density at radius 3 is 2.53 bits per heavy atom. The van der Waals surface area contributed by atoms with Gasteiger partial charge < -0.3 is 4.74 Å². The highest BCUT2D eigenvalue weighted by molar-refractivity contribution is 6.34. The van der Waals surface area contributed by atoms with E-state index in [2.05, 4.69) is 0 Å². The summed E-state index contributed by atoms with van der Waals surface area (Å²) in [5, 5.41) is -0.124. The van der Waals surface area contributed by atoms with Crippen molar-refractivity contribution in [3.05, 3.63) is 64.4 Å². The van der Waals surface area contributed by atoms with Gasteiger partial charge in [0, 0.05) is 12.0 Å². The zero-order valence-electron chi connectivity index (χ0n) is 10.3. The molecule has 0 atom stereocenters. The molecule has 0 aromatic heterocycles. The summed E-state index contributed by atoms with van der Waals surface area (Å²) in [7, 11) is 1.58. The summed E-state index contributed by atoms with van der Waals surface area (Å²) in [5.74, 6) is -0.0723. The molecule has 2 rings (SSSR count). The molecule has 2 aromatic rings. The van der Waals surface area contributed by atoms with Crippen LogP contribution in [-0.2, 0) is 6.42 Å². The molecule has 0 bridgehead atoms. The van der Waals surface area contributed by atoms with Crippen LogP contribution in [0.4, 0.5) is 4.39 Å². The predicted octanol–water partition coefficient (Wildman–Crippen LogP) is 3.91. The van der Waals surface area contributed by atoms with Crippen molar-refractivity contribution in [3.8, 4) is 5.75 Å². The lowest BCUT2D eigenvalue weighted by molar-refractivity contribution is 0.0992. The lowest BCUT2D eigenvalue weighted by atomic mass is 10.0. The Hall–Kier alpha value is -1.87. The molecule has 0 aliphatic rings. The smallest absolute Gasteiger partial charge is 0.168 e. The summed E-state index contributed by atoms with van der Waals surface area (Å²) in [4.78, 5) is 12.1. The fraction of sp³-hybridized carbons (Fsp3) is 0.133. The lowest BCUT2D eigenvalue weighted by Gasteiger charge is -2.05. The van der Waals surface area contributed by atoms with E-state index in [1.54, 1.807) is 31.4 Å². The van der Waals surface area contributed by atoms with Gasteiger partial charge >= 0.3 is 0 Å². The van der Waals surface area contributed by atoms with Crippen LogP contribution < -0.4 is 4.74 Å². The Morgan fingerprint density at radius 1 is 1.21 bits per heavy atom. The van der Waals surface area contributed by atoms with Crippen LogP contribution in [0.25, 0.3) is 0 Å². The largest absolute Gasteiger partial charge is 0.497 e. The summed E-state index contributed by atoms with van der Waals surface area (Å²) in [6.45, 7) is 0. The second-order valence-electron chi connectivity index (χ2n) is 4.05. The number of hydrogen-bond acceptors (Lipinski definition) is 2. The zero-order valence-corrected chi connectivity index (χ0v) is 11.1. The molecule has 0 saturated heterocycles. The first-order chi connectivity index (χ1) is 9.11. The standard InChI is InChI=1S/C15H12ClFO2/c1-19-11-7-5-10(6-8-11)9-14(18)12-3-2-4-13(17)15(12)16/h2-8H,9H2,1H3. The van der Waals surface area contributed by atoms with Crippen LogP contribution in [0.15, 0.2) is 42.5 Å². The van der Waals surface area contributed by atoms with E-state index in [0.29, 0.717) is 0 Å². The molecule has 4 heteroatoms. The van der Waals surface area contributed by atoms with Crippen LogP contribution in [0.1, 0.15) is 15.9 Å². The topological polar surface area (TPSA) is 26.3 Å². The number of ketones is 1. The first-order valence-electron chi connectivity index (χ1n) is 5.72. The fourth-order valence-electron chi connectivity index (χ4n) is 1.74. The maximum atomic E-state index is 13.3. The highest BCUT2D eigenvalue weighted by Crippen LogP contribution is 2.21. The molecule has 0 amide bonds. The van der Waals surface area contributed by atoms with Crippen LogP contribution in [0.2, 0.25) is 5.02 Å². The van der Waals surface area contributed by atoms with Gasteiger partial charge in [0.05, 0.1) is 12.1 Å². The Kier molecular flexibility index (Phi) is 4.17. The van der Waals surface area contributed by atoms with Crippen molar-refractivity contribution in [3.63, 3.8) is 0 Å². The van der Waals surface area contributed by atoms with Gasteiger partial charge in [0.15, 0.2) is 5.78 Å². The molecule has 0 saturated carbocycles.